The standard InChI is InChI=1S/C13H25NOS/c1-11-4-7-14(8-12(11)15)9-13(10-16)5-2-3-6-13/h11-12,15-16H,2-10H2,1H3. The monoisotopic (exact) mass is 243 g/mol. The summed E-state index contributed by atoms with van der Waals surface area (Å²) in [5.74, 6) is 1.49. The van der Waals surface area contributed by atoms with Gasteiger partial charge in [0, 0.05) is 13.1 Å². The Bertz CT molecular complexity index is 228. The van der Waals surface area contributed by atoms with E-state index in [4.69, 9.17) is 0 Å². The molecule has 1 heterocycles. The first-order valence-electron chi connectivity index (χ1n) is 6.66. The van der Waals surface area contributed by atoms with Gasteiger partial charge in [-0.2, -0.15) is 12.6 Å². The molecule has 0 radical (unpaired) electrons. The van der Waals surface area contributed by atoms with Crippen LogP contribution in [0, 0.1) is 11.3 Å². The summed E-state index contributed by atoms with van der Waals surface area (Å²) in [6.07, 6.45) is 6.43. The van der Waals surface area contributed by atoms with Gasteiger partial charge >= 0.3 is 0 Å². The summed E-state index contributed by atoms with van der Waals surface area (Å²) in [5, 5.41) is 9.92. The average Bonchev–Trinajstić information content (AvgIpc) is 2.73. The topological polar surface area (TPSA) is 23.5 Å². The molecule has 2 nitrogen and oxygen atoms in total. The van der Waals surface area contributed by atoms with E-state index in [1.807, 2.05) is 0 Å². The van der Waals surface area contributed by atoms with E-state index in [0.29, 0.717) is 11.3 Å². The van der Waals surface area contributed by atoms with Crippen LogP contribution in [0.3, 0.4) is 0 Å². The minimum atomic E-state index is -0.118. The van der Waals surface area contributed by atoms with Crippen LogP contribution in [0.4, 0.5) is 0 Å². The van der Waals surface area contributed by atoms with Crippen LogP contribution >= 0.6 is 12.6 Å². The molecule has 0 aromatic rings. The fraction of sp³-hybridized carbons (Fsp3) is 1.00. The molecule has 2 atom stereocenters. The number of piperidine rings is 1. The molecule has 0 aromatic carbocycles. The van der Waals surface area contributed by atoms with Crippen molar-refractivity contribution in [1.82, 2.24) is 4.90 Å². The number of β-amino-alcohol motifs (C(OH)–C–C–N with tert-alkyl or cyclic N) is 1. The first kappa shape index (κ1) is 12.7. The Labute approximate surface area is 105 Å². The minimum Gasteiger partial charge on any atom is -0.392 e. The van der Waals surface area contributed by atoms with Gasteiger partial charge in [-0.3, -0.25) is 0 Å². The second-order valence-corrected chi connectivity index (χ2v) is 6.25. The van der Waals surface area contributed by atoms with E-state index in [1.165, 1.54) is 25.7 Å². The summed E-state index contributed by atoms with van der Waals surface area (Å²) in [4.78, 5) is 2.46. The zero-order valence-corrected chi connectivity index (χ0v) is 11.3. The van der Waals surface area contributed by atoms with Gasteiger partial charge in [0.2, 0.25) is 0 Å². The number of rotatable bonds is 3. The van der Waals surface area contributed by atoms with E-state index in [-0.39, 0.29) is 6.10 Å². The fourth-order valence-corrected chi connectivity index (χ4v) is 3.64. The molecule has 0 bridgehead atoms. The van der Waals surface area contributed by atoms with Gasteiger partial charge in [0.15, 0.2) is 0 Å². The molecule has 1 saturated carbocycles. The van der Waals surface area contributed by atoms with Crippen molar-refractivity contribution in [2.75, 3.05) is 25.4 Å². The summed E-state index contributed by atoms with van der Waals surface area (Å²) >= 11 is 4.55. The smallest absolute Gasteiger partial charge is 0.0693 e. The van der Waals surface area contributed by atoms with Gasteiger partial charge in [-0.05, 0) is 42.9 Å². The van der Waals surface area contributed by atoms with Crippen molar-refractivity contribution in [1.29, 1.82) is 0 Å². The Morgan fingerprint density at radius 3 is 2.62 bits per heavy atom. The van der Waals surface area contributed by atoms with Gasteiger partial charge in [-0.25, -0.2) is 0 Å². The lowest BCUT2D eigenvalue weighted by atomic mass is 9.86. The lowest BCUT2D eigenvalue weighted by molar-refractivity contribution is 0.0136. The van der Waals surface area contributed by atoms with Crippen LogP contribution in [0.5, 0.6) is 0 Å². The molecular formula is C13H25NOS. The summed E-state index contributed by atoms with van der Waals surface area (Å²) in [7, 11) is 0. The molecule has 1 N–H and O–H groups in total. The molecule has 94 valence electrons. The van der Waals surface area contributed by atoms with E-state index in [9.17, 15) is 5.11 Å². The number of aliphatic hydroxyl groups is 1. The first-order chi connectivity index (χ1) is 7.65. The van der Waals surface area contributed by atoms with Crippen LogP contribution in [-0.2, 0) is 0 Å². The highest BCUT2D eigenvalue weighted by molar-refractivity contribution is 7.80. The maximum absolute atomic E-state index is 9.92. The summed E-state index contributed by atoms with van der Waals surface area (Å²) in [6, 6.07) is 0. The summed E-state index contributed by atoms with van der Waals surface area (Å²) in [5.41, 5.74) is 0.448. The van der Waals surface area contributed by atoms with Gasteiger partial charge in [0.05, 0.1) is 6.10 Å². The molecule has 1 aliphatic heterocycles. The second kappa shape index (κ2) is 5.28. The van der Waals surface area contributed by atoms with Crippen molar-refractivity contribution in [3.63, 3.8) is 0 Å². The minimum absolute atomic E-state index is 0.118. The van der Waals surface area contributed by atoms with Crippen molar-refractivity contribution >= 4 is 12.6 Å². The zero-order valence-electron chi connectivity index (χ0n) is 10.4. The molecular weight excluding hydrogens is 218 g/mol. The van der Waals surface area contributed by atoms with Crippen molar-refractivity contribution in [2.24, 2.45) is 11.3 Å². The van der Waals surface area contributed by atoms with Crippen LogP contribution in [0.1, 0.15) is 39.0 Å². The van der Waals surface area contributed by atoms with E-state index >= 15 is 0 Å². The quantitative estimate of drug-likeness (QED) is 0.742. The van der Waals surface area contributed by atoms with Gasteiger partial charge in [0.25, 0.3) is 0 Å². The normalized spacial score (nSPS) is 35.4. The maximum Gasteiger partial charge on any atom is 0.0693 e. The van der Waals surface area contributed by atoms with Crippen LogP contribution in [-0.4, -0.2) is 41.5 Å². The Morgan fingerprint density at radius 1 is 1.38 bits per heavy atom. The number of likely N-dealkylation sites (tertiary alicyclic amines) is 1. The SMILES string of the molecule is CC1CCN(CC2(CS)CCCC2)CC1O. The lowest BCUT2D eigenvalue weighted by Crippen LogP contribution is -2.47. The van der Waals surface area contributed by atoms with Gasteiger partial charge in [-0.15, -0.1) is 0 Å². The predicted molar refractivity (Wildman–Crippen MR) is 71.0 cm³/mol. The third kappa shape index (κ3) is 2.74. The van der Waals surface area contributed by atoms with Crippen LogP contribution < -0.4 is 0 Å². The highest BCUT2D eigenvalue weighted by Gasteiger charge is 2.36. The highest BCUT2D eigenvalue weighted by atomic mass is 32.1. The third-order valence-electron chi connectivity index (χ3n) is 4.56. The molecule has 2 aliphatic rings. The lowest BCUT2D eigenvalue weighted by Gasteiger charge is -2.40. The average molecular weight is 243 g/mol. The van der Waals surface area contributed by atoms with Crippen molar-refractivity contribution in [3.8, 4) is 0 Å². The third-order valence-corrected chi connectivity index (χ3v) is 5.23. The van der Waals surface area contributed by atoms with Crippen molar-refractivity contribution in [3.05, 3.63) is 0 Å². The molecule has 0 amide bonds. The van der Waals surface area contributed by atoms with Crippen LogP contribution in [0.15, 0.2) is 0 Å². The molecule has 2 unspecified atom stereocenters. The number of thiol groups is 1. The van der Waals surface area contributed by atoms with Crippen LogP contribution in [0.25, 0.3) is 0 Å². The molecule has 2 rings (SSSR count). The fourth-order valence-electron chi connectivity index (χ4n) is 3.22. The zero-order chi connectivity index (χ0) is 11.6. The van der Waals surface area contributed by atoms with E-state index < -0.39 is 0 Å². The molecule has 16 heavy (non-hydrogen) atoms. The van der Waals surface area contributed by atoms with E-state index in [0.717, 1.165) is 31.8 Å². The highest BCUT2D eigenvalue weighted by Crippen LogP contribution is 2.40. The summed E-state index contributed by atoms with van der Waals surface area (Å²) < 4.78 is 0. The van der Waals surface area contributed by atoms with E-state index in [1.54, 1.807) is 0 Å². The number of hydrogen-bond donors (Lipinski definition) is 2. The van der Waals surface area contributed by atoms with Crippen LogP contribution in [0.2, 0.25) is 0 Å². The summed E-state index contributed by atoms with van der Waals surface area (Å²) in [6.45, 7) is 5.34. The Kier molecular flexibility index (Phi) is 4.20. The molecule has 2 fully saturated rings. The first-order valence-corrected chi connectivity index (χ1v) is 7.30. The van der Waals surface area contributed by atoms with Crippen molar-refractivity contribution in [2.45, 2.75) is 45.1 Å². The largest absolute Gasteiger partial charge is 0.392 e. The molecule has 1 saturated heterocycles. The Hall–Kier alpha value is 0.270. The van der Waals surface area contributed by atoms with E-state index in [2.05, 4.69) is 24.5 Å². The second-order valence-electron chi connectivity index (χ2n) is 5.93. The maximum atomic E-state index is 9.92. The Balaban J connectivity index is 1.89. The van der Waals surface area contributed by atoms with Crippen molar-refractivity contribution < 1.29 is 5.11 Å². The number of hydrogen-bond acceptors (Lipinski definition) is 3. The molecule has 0 spiro atoms. The van der Waals surface area contributed by atoms with Gasteiger partial charge < -0.3 is 10.0 Å². The van der Waals surface area contributed by atoms with Gasteiger partial charge in [0.1, 0.15) is 0 Å². The number of aliphatic hydroxyl groups excluding tert-OH is 1. The molecule has 3 heteroatoms. The Morgan fingerprint density at radius 2 is 2.06 bits per heavy atom. The molecule has 0 aromatic heterocycles. The predicted octanol–water partition coefficient (Wildman–Crippen LogP) is 2.18. The van der Waals surface area contributed by atoms with Gasteiger partial charge in [-0.1, -0.05) is 19.8 Å². The molecule has 1 aliphatic carbocycles. The number of nitrogens with zero attached hydrogens (tertiary/aromatic N) is 1.